The van der Waals surface area contributed by atoms with Crippen LogP contribution in [0.3, 0.4) is 0 Å². The van der Waals surface area contributed by atoms with Crippen LogP contribution in [0.2, 0.25) is 0 Å². The fourth-order valence-electron chi connectivity index (χ4n) is 1.36. The second-order valence-corrected chi connectivity index (χ2v) is 3.53. The lowest BCUT2D eigenvalue weighted by atomic mass is 10.1. The van der Waals surface area contributed by atoms with Gasteiger partial charge in [0.15, 0.2) is 0 Å². The van der Waals surface area contributed by atoms with E-state index in [-0.39, 0.29) is 19.3 Å². The zero-order chi connectivity index (χ0) is 11.3. The van der Waals surface area contributed by atoms with Crippen molar-refractivity contribution in [3.63, 3.8) is 0 Å². The third-order valence-electron chi connectivity index (χ3n) is 2.39. The minimum Gasteiger partial charge on any atom is -0.395 e. The number of aliphatic hydroxyl groups is 2. The zero-order valence-electron chi connectivity index (χ0n) is 8.93. The van der Waals surface area contributed by atoms with Crippen molar-refractivity contribution in [3.05, 3.63) is 29.8 Å². The highest BCUT2D eigenvalue weighted by Crippen LogP contribution is 2.16. The van der Waals surface area contributed by atoms with Gasteiger partial charge in [-0.1, -0.05) is 12.1 Å². The summed E-state index contributed by atoms with van der Waals surface area (Å²) in [5.74, 6) is 0. The molecule has 1 rings (SSSR count). The maximum atomic E-state index is 8.88. The van der Waals surface area contributed by atoms with Crippen molar-refractivity contribution in [2.75, 3.05) is 31.7 Å². The Labute approximate surface area is 89.9 Å². The third kappa shape index (κ3) is 3.20. The molecule has 0 saturated heterocycles. The number of likely N-dealkylation sites (N-methyl/N-ethyl adjacent to an activating group) is 1. The average Bonchev–Trinajstić information content (AvgIpc) is 2.28. The molecule has 4 heteroatoms. The highest BCUT2D eigenvalue weighted by Gasteiger charge is 2.05. The molecule has 0 aliphatic rings. The first kappa shape index (κ1) is 12.0. The summed E-state index contributed by atoms with van der Waals surface area (Å²) in [5.41, 5.74) is 7.62. The molecule has 0 amide bonds. The summed E-state index contributed by atoms with van der Waals surface area (Å²) in [5, 5.41) is 17.7. The van der Waals surface area contributed by atoms with E-state index in [1.54, 1.807) is 0 Å². The van der Waals surface area contributed by atoms with Crippen molar-refractivity contribution in [2.45, 2.75) is 6.04 Å². The number of aliphatic hydroxyl groups excluding tert-OH is 2. The van der Waals surface area contributed by atoms with Gasteiger partial charge in [0.2, 0.25) is 0 Å². The average molecular weight is 210 g/mol. The van der Waals surface area contributed by atoms with Gasteiger partial charge in [0.1, 0.15) is 0 Å². The quantitative estimate of drug-likeness (QED) is 0.645. The molecule has 4 nitrogen and oxygen atoms in total. The van der Waals surface area contributed by atoms with Crippen molar-refractivity contribution >= 4 is 5.69 Å². The molecular formula is C11H18N2O2. The van der Waals surface area contributed by atoms with Crippen molar-refractivity contribution in [1.82, 2.24) is 0 Å². The Hall–Kier alpha value is -1.10. The lowest BCUT2D eigenvalue weighted by Crippen LogP contribution is -2.21. The topological polar surface area (TPSA) is 69.7 Å². The molecule has 0 aliphatic heterocycles. The molecule has 0 aliphatic carbocycles. The summed E-state index contributed by atoms with van der Waals surface area (Å²) in [4.78, 5) is 1.95. The minimum absolute atomic E-state index is 0.0498. The summed E-state index contributed by atoms with van der Waals surface area (Å²) in [6.07, 6.45) is 0. The Bertz CT molecular complexity index is 287. The first-order chi connectivity index (χ1) is 7.19. The van der Waals surface area contributed by atoms with Crippen molar-refractivity contribution < 1.29 is 10.2 Å². The monoisotopic (exact) mass is 210 g/mol. The van der Waals surface area contributed by atoms with Crippen LogP contribution in [0, 0.1) is 0 Å². The second-order valence-electron chi connectivity index (χ2n) is 3.53. The molecule has 0 bridgehead atoms. The number of benzene rings is 1. The van der Waals surface area contributed by atoms with Crippen LogP contribution >= 0.6 is 0 Å². The summed E-state index contributed by atoms with van der Waals surface area (Å²) in [7, 11) is 1.91. The minimum atomic E-state index is -0.317. The Kier molecular flexibility index (Phi) is 4.55. The fraction of sp³-hybridized carbons (Fsp3) is 0.455. The number of nitrogens with zero attached hydrogens (tertiary/aromatic N) is 1. The van der Waals surface area contributed by atoms with Crippen LogP contribution in [-0.4, -0.2) is 37.0 Å². The molecule has 84 valence electrons. The smallest absolute Gasteiger partial charge is 0.0624 e. The van der Waals surface area contributed by atoms with E-state index in [0.29, 0.717) is 6.54 Å². The Morgan fingerprint density at radius 1 is 1.27 bits per heavy atom. The molecule has 0 spiro atoms. The van der Waals surface area contributed by atoms with Gasteiger partial charge in [0, 0.05) is 19.3 Å². The summed E-state index contributed by atoms with van der Waals surface area (Å²) in [6.45, 7) is 0.686. The van der Waals surface area contributed by atoms with E-state index in [2.05, 4.69) is 0 Å². The highest BCUT2D eigenvalue weighted by atomic mass is 16.3. The molecule has 0 unspecified atom stereocenters. The number of hydrogen-bond donors (Lipinski definition) is 3. The van der Waals surface area contributed by atoms with Crippen LogP contribution in [0.1, 0.15) is 11.6 Å². The van der Waals surface area contributed by atoms with Gasteiger partial charge < -0.3 is 20.8 Å². The van der Waals surface area contributed by atoms with E-state index in [4.69, 9.17) is 15.9 Å². The van der Waals surface area contributed by atoms with Crippen LogP contribution in [-0.2, 0) is 0 Å². The van der Waals surface area contributed by atoms with Crippen molar-refractivity contribution in [3.8, 4) is 0 Å². The molecule has 1 aromatic rings. The van der Waals surface area contributed by atoms with Gasteiger partial charge in [0.25, 0.3) is 0 Å². The molecule has 0 aromatic heterocycles. The van der Waals surface area contributed by atoms with Gasteiger partial charge in [0.05, 0.1) is 19.3 Å². The molecule has 0 fully saturated rings. The first-order valence-electron chi connectivity index (χ1n) is 4.97. The normalized spacial score (nSPS) is 12.5. The molecule has 15 heavy (non-hydrogen) atoms. The zero-order valence-corrected chi connectivity index (χ0v) is 8.93. The van der Waals surface area contributed by atoms with Crippen molar-refractivity contribution in [2.24, 2.45) is 5.73 Å². The molecule has 0 radical (unpaired) electrons. The molecule has 0 saturated carbocycles. The number of rotatable bonds is 5. The molecular weight excluding hydrogens is 192 g/mol. The maximum Gasteiger partial charge on any atom is 0.0624 e. The van der Waals surface area contributed by atoms with Gasteiger partial charge in [-0.05, 0) is 17.7 Å². The van der Waals surface area contributed by atoms with Crippen LogP contribution in [0.4, 0.5) is 5.69 Å². The largest absolute Gasteiger partial charge is 0.395 e. The Morgan fingerprint density at radius 2 is 1.87 bits per heavy atom. The SMILES string of the molecule is CN(CCO)c1ccc([C@@H](N)CO)cc1. The number of nitrogens with two attached hydrogens (primary N) is 1. The molecule has 4 N–H and O–H groups in total. The van der Waals surface area contributed by atoms with Crippen LogP contribution in [0.25, 0.3) is 0 Å². The van der Waals surface area contributed by atoms with Gasteiger partial charge in [-0.25, -0.2) is 0 Å². The van der Waals surface area contributed by atoms with E-state index < -0.39 is 0 Å². The first-order valence-corrected chi connectivity index (χ1v) is 4.97. The van der Waals surface area contributed by atoms with E-state index >= 15 is 0 Å². The van der Waals surface area contributed by atoms with Crippen LogP contribution < -0.4 is 10.6 Å². The summed E-state index contributed by atoms with van der Waals surface area (Å²) in [6, 6.07) is 7.33. The van der Waals surface area contributed by atoms with Crippen molar-refractivity contribution in [1.29, 1.82) is 0 Å². The second kappa shape index (κ2) is 5.70. The Morgan fingerprint density at radius 3 is 2.33 bits per heavy atom. The predicted octanol–water partition coefficient (Wildman–Crippen LogP) is 0.107. The Balaban J connectivity index is 2.71. The van der Waals surface area contributed by atoms with E-state index in [1.165, 1.54) is 0 Å². The maximum absolute atomic E-state index is 8.88. The molecule has 0 heterocycles. The lowest BCUT2D eigenvalue weighted by molar-refractivity contribution is 0.268. The van der Waals surface area contributed by atoms with Gasteiger partial charge >= 0.3 is 0 Å². The van der Waals surface area contributed by atoms with Gasteiger partial charge in [-0.3, -0.25) is 0 Å². The summed E-state index contributed by atoms with van der Waals surface area (Å²) >= 11 is 0. The highest BCUT2D eigenvalue weighted by molar-refractivity contribution is 5.47. The molecule has 1 aromatic carbocycles. The molecule has 1 atom stereocenters. The standard InChI is InChI=1S/C11H18N2O2/c1-13(6-7-14)10-4-2-9(3-5-10)11(12)8-15/h2-5,11,14-15H,6-8,12H2,1H3/t11-/m0/s1. The van der Waals surface area contributed by atoms with Crippen LogP contribution in [0.15, 0.2) is 24.3 Å². The summed E-state index contributed by atoms with van der Waals surface area (Å²) < 4.78 is 0. The predicted molar refractivity (Wildman–Crippen MR) is 60.8 cm³/mol. The van der Waals surface area contributed by atoms with Gasteiger partial charge in [-0.2, -0.15) is 0 Å². The van der Waals surface area contributed by atoms with Crippen LogP contribution in [0.5, 0.6) is 0 Å². The number of hydrogen-bond acceptors (Lipinski definition) is 4. The van der Waals surface area contributed by atoms with E-state index in [1.807, 2.05) is 36.2 Å². The van der Waals surface area contributed by atoms with E-state index in [9.17, 15) is 0 Å². The third-order valence-corrected chi connectivity index (χ3v) is 2.39. The van der Waals surface area contributed by atoms with Gasteiger partial charge in [-0.15, -0.1) is 0 Å². The van der Waals surface area contributed by atoms with E-state index in [0.717, 1.165) is 11.3 Å². The fourth-order valence-corrected chi connectivity index (χ4v) is 1.36. The number of anilines is 1. The lowest BCUT2D eigenvalue weighted by Gasteiger charge is -2.18.